The Balaban J connectivity index is 1.72. The van der Waals surface area contributed by atoms with Crippen LogP contribution in [0.3, 0.4) is 0 Å². The van der Waals surface area contributed by atoms with Crippen molar-refractivity contribution in [1.82, 2.24) is 9.97 Å². The van der Waals surface area contributed by atoms with Crippen molar-refractivity contribution in [2.24, 2.45) is 0 Å². The van der Waals surface area contributed by atoms with Crippen molar-refractivity contribution in [1.29, 1.82) is 5.26 Å². The summed E-state index contributed by atoms with van der Waals surface area (Å²) in [7, 11) is 1.33. The number of rotatable bonds is 4. The standard InChI is InChI=1S/C23H16BrN3O3/c1-13-3-7-19-20(9-13)27-22(26-19)14(12-25)10-16-5-8-21(30-16)17-6-4-15(24)11-18(17)23(28)29-2/h3-11H,1-2H3,(H,26,27). The minimum Gasteiger partial charge on any atom is -0.465 e. The first-order valence-electron chi connectivity index (χ1n) is 9.05. The van der Waals surface area contributed by atoms with Crippen LogP contribution in [0, 0.1) is 18.3 Å². The van der Waals surface area contributed by atoms with Crippen molar-refractivity contribution in [3.8, 4) is 17.4 Å². The molecule has 0 fully saturated rings. The molecule has 0 radical (unpaired) electrons. The van der Waals surface area contributed by atoms with E-state index >= 15 is 0 Å². The lowest BCUT2D eigenvalue weighted by Crippen LogP contribution is -2.03. The van der Waals surface area contributed by atoms with E-state index in [0.29, 0.717) is 34.0 Å². The lowest BCUT2D eigenvalue weighted by atomic mass is 10.1. The molecule has 2 heterocycles. The molecule has 0 atom stereocenters. The molecule has 0 spiro atoms. The van der Waals surface area contributed by atoms with Gasteiger partial charge in [0.25, 0.3) is 0 Å². The number of fused-ring (bicyclic) bond motifs is 1. The number of allylic oxidation sites excluding steroid dienone is 1. The van der Waals surface area contributed by atoms with Crippen LogP contribution in [-0.4, -0.2) is 23.0 Å². The Morgan fingerprint density at radius 3 is 2.83 bits per heavy atom. The number of methoxy groups -OCH3 is 1. The van der Waals surface area contributed by atoms with Crippen LogP contribution in [0.25, 0.3) is 34.0 Å². The van der Waals surface area contributed by atoms with Crippen LogP contribution >= 0.6 is 15.9 Å². The van der Waals surface area contributed by atoms with Crippen LogP contribution in [0.5, 0.6) is 0 Å². The fourth-order valence-electron chi connectivity index (χ4n) is 3.13. The third-order valence-electron chi connectivity index (χ3n) is 4.58. The van der Waals surface area contributed by atoms with Crippen LogP contribution in [0.2, 0.25) is 0 Å². The molecule has 0 aliphatic carbocycles. The maximum absolute atomic E-state index is 12.1. The molecule has 2 aromatic carbocycles. The number of nitriles is 1. The van der Waals surface area contributed by atoms with Gasteiger partial charge in [-0.15, -0.1) is 0 Å². The molecule has 0 unspecified atom stereocenters. The van der Waals surface area contributed by atoms with E-state index in [1.165, 1.54) is 7.11 Å². The number of esters is 1. The second-order valence-corrected chi connectivity index (χ2v) is 7.58. The summed E-state index contributed by atoms with van der Waals surface area (Å²) in [5.74, 6) is 0.966. The molecule has 0 saturated carbocycles. The SMILES string of the molecule is COC(=O)c1cc(Br)ccc1-c1ccc(C=C(C#N)c2nc3ccc(C)cc3[nH]2)o1. The molecule has 0 bridgehead atoms. The van der Waals surface area contributed by atoms with Crippen molar-refractivity contribution in [2.75, 3.05) is 7.11 Å². The van der Waals surface area contributed by atoms with Gasteiger partial charge in [-0.1, -0.05) is 22.0 Å². The molecule has 30 heavy (non-hydrogen) atoms. The first-order valence-corrected chi connectivity index (χ1v) is 9.84. The second kappa shape index (κ2) is 8.01. The fourth-order valence-corrected chi connectivity index (χ4v) is 3.49. The normalized spacial score (nSPS) is 11.5. The maximum Gasteiger partial charge on any atom is 0.338 e. The van der Waals surface area contributed by atoms with Crippen molar-refractivity contribution in [2.45, 2.75) is 6.92 Å². The van der Waals surface area contributed by atoms with E-state index in [1.54, 1.807) is 30.3 Å². The molecule has 4 rings (SSSR count). The van der Waals surface area contributed by atoms with Gasteiger partial charge in [-0.05, 0) is 55.0 Å². The van der Waals surface area contributed by atoms with E-state index in [4.69, 9.17) is 9.15 Å². The van der Waals surface area contributed by atoms with Crippen molar-refractivity contribution < 1.29 is 13.9 Å². The zero-order valence-corrected chi connectivity index (χ0v) is 17.8. The molecule has 2 aromatic heterocycles. The number of carbonyl (C=O) groups is 1. The molecule has 4 aromatic rings. The zero-order valence-electron chi connectivity index (χ0n) is 16.2. The average Bonchev–Trinajstić information content (AvgIpc) is 3.37. The topological polar surface area (TPSA) is 91.9 Å². The summed E-state index contributed by atoms with van der Waals surface area (Å²) in [6.07, 6.45) is 1.62. The van der Waals surface area contributed by atoms with E-state index < -0.39 is 5.97 Å². The van der Waals surface area contributed by atoms with Crippen LogP contribution in [-0.2, 0) is 4.74 Å². The van der Waals surface area contributed by atoms with Crippen molar-refractivity contribution in [3.63, 3.8) is 0 Å². The molecular weight excluding hydrogens is 446 g/mol. The smallest absolute Gasteiger partial charge is 0.338 e. The number of H-pyrrole nitrogens is 1. The summed E-state index contributed by atoms with van der Waals surface area (Å²) >= 11 is 3.36. The Labute approximate surface area is 180 Å². The summed E-state index contributed by atoms with van der Waals surface area (Å²) in [5.41, 5.74) is 4.08. The number of aromatic nitrogens is 2. The van der Waals surface area contributed by atoms with E-state index in [0.717, 1.165) is 21.1 Å². The number of imidazole rings is 1. The average molecular weight is 462 g/mol. The minimum absolute atomic E-state index is 0.341. The number of nitrogens with zero attached hydrogens (tertiary/aromatic N) is 2. The van der Waals surface area contributed by atoms with Gasteiger partial charge in [-0.25, -0.2) is 9.78 Å². The lowest BCUT2D eigenvalue weighted by molar-refractivity contribution is 0.0601. The van der Waals surface area contributed by atoms with Crippen LogP contribution in [0.15, 0.2) is 57.4 Å². The summed E-state index contributed by atoms with van der Waals surface area (Å²) in [5, 5.41) is 9.64. The number of benzene rings is 2. The summed E-state index contributed by atoms with van der Waals surface area (Å²) in [6.45, 7) is 2.00. The van der Waals surface area contributed by atoms with E-state index in [9.17, 15) is 10.1 Å². The third-order valence-corrected chi connectivity index (χ3v) is 5.07. The molecule has 0 aliphatic rings. The molecule has 0 amide bonds. The van der Waals surface area contributed by atoms with E-state index in [2.05, 4.69) is 32.0 Å². The number of aromatic amines is 1. The van der Waals surface area contributed by atoms with Crippen LogP contribution in [0.4, 0.5) is 0 Å². The van der Waals surface area contributed by atoms with Crippen molar-refractivity contribution >= 4 is 44.6 Å². The first kappa shape index (κ1) is 19.7. The Kier molecular flexibility index (Phi) is 5.25. The zero-order chi connectivity index (χ0) is 21.3. The quantitative estimate of drug-likeness (QED) is 0.308. The van der Waals surface area contributed by atoms with Gasteiger partial charge in [0, 0.05) is 16.1 Å². The number of nitrogens with one attached hydrogen (secondary N) is 1. The number of hydrogen-bond donors (Lipinski definition) is 1. The van der Waals surface area contributed by atoms with Gasteiger partial charge in [-0.2, -0.15) is 5.26 Å². The molecule has 148 valence electrons. The number of ether oxygens (including phenoxy) is 1. The Hall–Kier alpha value is -3.63. The lowest BCUT2D eigenvalue weighted by Gasteiger charge is -2.06. The molecule has 6 nitrogen and oxygen atoms in total. The van der Waals surface area contributed by atoms with Gasteiger partial charge in [0.15, 0.2) is 0 Å². The Morgan fingerprint density at radius 1 is 1.23 bits per heavy atom. The summed E-state index contributed by atoms with van der Waals surface area (Å²) in [6, 6.07) is 16.8. The van der Waals surface area contributed by atoms with Gasteiger partial charge in [-0.3, -0.25) is 0 Å². The molecule has 1 N–H and O–H groups in total. The number of halogens is 1. The molecule has 0 saturated heterocycles. The van der Waals surface area contributed by atoms with Gasteiger partial charge in [0.2, 0.25) is 0 Å². The van der Waals surface area contributed by atoms with Gasteiger partial charge >= 0.3 is 5.97 Å². The maximum atomic E-state index is 12.1. The second-order valence-electron chi connectivity index (χ2n) is 6.66. The van der Waals surface area contributed by atoms with Crippen LogP contribution in [0.1, 0.15) is 27.5 Å². The third kappa shape index (κ3) is 3.78. The molecule has 7 heteroatoms. The van der Waals surface area contributed by atoms with Gasteiger partial charge in [0.05, 0.1) is 29.3 Å². The summed E-state index contributed by atoms with van der Waals surface area (Å²) < 4.78 is 11.5. The number of hydrogen-bond acceptors (Lipinski definition) is 5. The minimum atomic E-state index is -0.463. The predicted octanol–water partition coefficient (Wildman–Crippen LogP) is 5.74. The highest BCUT2D eigenvalue weighted by Crippen LogP contribution is 2.30. The monoisotopic (exact) mass is 461 g/mol. The highest BCUT2D eigenvalue weighted by Gasteiger charge is 2.17. The number of carbonyl (C=O) groups excluding carboxylic acids is 1. The van der Waals surface area contributed by atoms with Crippen molar-refractivity contribution in [3.05, 3.63) is 75.7 Å². The Bertz CT molecular complexity index is 1340. The van der Waals surface area contributed by atoms with Gasteiger partial charge in [0.1, 0.15) is 23.4 Å². The highest BCUT2D eigenvalue weighted by molar-refractivity contribution is 9.10. The van der Waals surface area contributed by atoms with Crippen LogP contribution < -0.4 is 0 Å². The van der Waals surface area contributed by atoms with Gasteiger partial charge < -0.3 is 14.1 Å². The Morgan fingerprint density at radius 2 is 2.07 bits per heavy atom. The predicted molar refractivity (Wildman–Crippen MR) is 117 cm³/mol. The van der Waals surface area contributed by atoms with E-state index in [1.807, 2.05) is 31.2 Å². The van der Waals surface area contributed by atoms with E-state index in [-0.39, 0.29) is 0 Å². The number of furan rings is 1. The summed E-state index contributed by atoms with van der Waals surface area (Å²) in [4.78, 5) is 19.8. The molecular formula is C23H16BrN3O3. The first-order chi connectivity index (χ1) is 14.5. The largest absolute Gasteiger partial charge is 0.465 e. The molecule has 0 aliphatic heterocycles. The highest BCUT2D eigenvalue weighted by atomic mass is 79.9. The fraction of sp³-hybridized carbons (Fsp3) is 0.0870. The number of aryl methyl sites for hydroxylation is 1.